The molecule has 1 aromatic carbocycles. The second kappa shape index (κ2) is 5.59. The van der Waals surface area contributed by atoms with Gasteiger partial charge in [0.15, 0.2) is 0 Å². The molecule has 1 aromatic rings. The van der Waals surface area contributed by atoms with E-state index in [4.69, 9.17) is 9.05 Å². The highest BCUT2D eigenvalue weighted by Crippen LogP contribution is 2.44. The molecule has 0 aromatic heterocycles. The highest BCUT2D eigenvalue weighted by Gasteiger charge is 2.17. The lowest BCUT2D eigenvalue weighted by Gasteiger charge is -2.14. The molecule has 0 saturated carbocycles. The highest BCUT2D eigenvalue weighted by atomic mass is 32.2. The third-order valence-corrected chi connectivity index (χ3v) is 3.71. The van der Waals surface area contributed by atoms with Gasteiger partial charge in [0.1, 0.15) is 5.75 Å². The zero-order valence-corrected chi connectivity index (χ0v) is 10.8. The summed E-state index contributed by atoms with van der Waals surface area (Å²) in [6, 6.07) is 7.43. The first-order chi connectivity index (χ1) is 7.07. The SMILES string of the molecule is CCOP(C)(=O)Oc1ccc(SC)cc1. The molecular weight excluding hydrogens is 231 g/mol. The Morgan fingerprint density at radius 3 is 2.40 bits per heavy atom. The van der Waals surface area contributed by atoms with Crippen LogP contribution in [-0.2, 0) is 9.09 Å². The molecule has 0 aliphatic heterocycles. The maximum atomic E-state index is 11.7. The van der Waals surface area contributed by atoms with Crippen LogP contribution < -0.4 is 4.52 Å². The van der Waals surface area contributed by atoms with E-state index in [2.05, 4.69) is 0 Å². The van der Waals surface area contributed by atoms with Crippen LogP contribution in [0.25, 0.3) is 0 Å². The lowest BCUT2D eigenvalue weighted by molar-refractivity contribution is 0.284. The van der Waals surface area contributed by atoms with Gasteiger partial charge in [-0.15, -0.1) is 11.8 Å². The van der Waals surface area contributed by atoms with Crippen LogP contribution in [0, 0.1) is 0 Å². The van der Waals surface area contributed by atoms with Crippen molar-refractivity contribution in [2.45, 2.75) is 11.8 Å². The van der Waals surface area contributed by atoms with Crippen molar-refractivity contribution < 1.29 is 13.6 Å². The molecule has 0 heterocycles. The van der Waals surface area contributed by atoms with Crippen molar-refractivity contribution in [2.75, 3.05) is 19.5 Å². The van der Waals surface area contributed by atoms with Gasteiger partial charge >= 0.3 is 7.60 Å². The third kappa shape index (κ3) is 4.29. The molecule has 0 aliphatic carbocycles. The summed E-state index contributed by atoms with van der Waals surface area (Å²) in [4.78, 5) is 1.14. The average Bonchev–Trinajstić information content (AvgIpc) is 2.18. The molecule has 1 rings (SSSR count). The summed E-state index contributed by atoms with van der Waals surface area (Å²) in [5.74, 6) is 0.576. The fraction of sp³-hybridized carbons (Fsp3) is 0.400. The molecule has 0 aliphatic rings. The predicted octanol–water partition coefficient (Wildman–Crippen LogP) is 3.65. The number of thioether (sulfide) groups is 1. The van der Waals surface area contributed by atoms with Crippen molar-refractivity contribution in [1.29, 1.82) is 0 Å². The second-order valence-corrected chi connectivity index (χ2v) is 5.82. The quantitative estimate of drug-likeness (QED) is 0.587. The topological polar surface area (TPSA) is 35.5 Å². The number of hydrogen-bond acceptors (Lipinski definition) is 4. The monoisotopic (exact) mass is 246 g/mol. The van der Waals surface area contributed by atoms with Crippen LogP contribution in [-0.4, -0.2) is 19.5 Å². The van der Waals surface area contributed by atoms with Gasteiger partial charge in [0, 0.05) is 11.6 Å². The van der Waals surface area contributed by atoms with E-state index in [1.54, 1.807) is 30.8 Å². The van der Waals surface area contributed by atoms with Gasteiger partial charge in [-0.1, -0.05) is 0 Å². The Kier molecular flexibility index (Phi) is 4.71. The van der Waals surface area contributed by atoms with E-state index in [-0.39, 0.29) is 0 Å². The van der Waals surface area contributed by atoms with E-state index < -0.39 is 7.60 Å². The molecule has 1 unspecified atom stereocenters. The van der Waals surface area contributed by atoms with Gasteiger partial charge < -0.3 is 9.05 Å². The molecule has 0 N–H and O–H groups in total. The van der Waals surface area contributed by atoms with Crippen LogP contribution in [0.3, 0.4) is 0 Å². The highest BCUT2D eigenvalue weighted by molar-refractivity contribution is 7.98. The van der Waals surface area contributed by atoms with Crippen LogP contribution in [0.5, 0.6) is 5.75 Å². The van der Waals surface area contributed by atoms with E-state index >= 15 is 0 Å². The Balaban J connectivity index is 2.68. The van der Waals surface area contributed by atoms with E-state index in [0.29, 0.717) is 12.4 Å². The normalized spacial score (nSPS) is 14.6. The van der Waals surface area contributed by atoms with Gasteiger partial charge in [0.05, 0.1) is 6.61 Å². The summed E-state index contributed by atoms with van der Waals surface area (Å²) in [7, 11) is -2.94. The van der Waals surface area contributed by atoms with Crippen molar-refractivity contribution in [3.05, 3.63) is 24.3 Å². The maximum Gasteiger partial charge on any atom is 0.376 e. The molecule has 0 bridgehead atoms. The summed E-state index contributed by atoms with van der Waals surface area (Å²) in [6.45, 7) is 3.64. The van der Waals surface area contributed by atoms with Crippen molar-refractivity contribution in [2.24, 2.45) is 0 Å². The van der Waals surface area contributed by atoms with Gasteiger partial charge in [-0.3, -0.25) is 0 Å². The molecule has 84 valence electrons. The van der Waals surface area contributed by atoms with Crippen molar-refractivity contribution in [1.82, 2.24) is 0 Å². The van der Waals surface area contributed by atoms with Crippen LogP contribution in [0.1, 0.15) is 6.92 Å². The Bertz CT molecular complexity index is 350. The lowest BCUT2D eigenvalue weighted by Crippen LogP contribution is -1.95. The van der Waals surface area contributed by atoms with Gasteiger partial charge in [0.25, 0.3) is 0 Å². The molecule has 0 spiro atoms. The fourth-order valence-corrected chi connectivity index (χ4v) is 2.52. The summed E-state index contributed by atoms with van der Waals surface area (Å²) < 4.78 is 22.0. The van der Waals surface area contributed by atoms with Crippen molar-refractivity contribution >= 4 is 19.4 Å². The summed E-state index contributed by atoms with van der Waals surface area (Å²) in [5.41, 5.74) is 0. The van der Waals surface area contributed by atoms with Gasteiger partial charge in [0.2, 0.25) is 0 Å². The first kappa shape index (κ1) is 12.6. The Labute approximate surface area is 94.7 Å². The maximum absolute atomic E-state index is 11.7. The second-order valence-electron chi connectivity index (χ2n) is 2.96. The third-order valence-electron chi connectivity index (χ3n) is 1.69. The first-order valence-corrected chi connectivity index (χ1v) is 7.84. The number of benzene rings is 1. The molecule has 0 fully saturated rings. The summed E-state index contributed by atoms with van der Waals surface area (Å²) in [5, 5.41) is 0. The smallest absolute Gasteiger partial charge is 0.376 e. The van der Waals surface area contributed by atoms with E-state index in [1.165, 1.54) is 6.66 Å². The fourth-order valence-electron chi connectivity index (χ4n) is 1.09. The minimum Gasteiger partial charge on any atom is -0.425 e. The predicted molar refractivity (Wildman–Crippen MR) is 64.0 cm³/mol. The Morgan fingerprint density at radius 2 is 1.93 bits per heavy atom. The van der Waals surface area contributed by atoms with Crippen LogP contribution in [0.2, 0.25) is 0 Å². The van der Waals surface area contributed by atoms with E-state index in [1.807, 2.05) is 18.4 Å². The van der Waals surface area contributed by atoms with E-state index in [9.17, 15) is 4.57 Å². The lowest BCUT2D eigenvalue weighted by atomic mass is 10.3. The van der Waals surface area contributed by atoms with Crippen LogP contribution >= 0.6 is 19.4 Å². The van der Waals surface area contributed by atoms with Crippen LogP contribution in [0.15, 0.2) is 29.2 Å². The molecule has 15 heavy (non-hydrogen) atoms. The molecule has 0 saturated heterocycles. The number of rotatable bonds is 5. The summed E-state index contributed by atoms with van der Waals surface area (Å²) in [6.07, 6.45) is 2.00. The van der Waals surface area contributed by atoms with Gasteiger partial charge in [-0.05, 0) is 37.4 Å². The molecule has 0 amide bonds. The van der Waals surface area contributed by atoms with Crippen molar-refractivity contribution in [3.8, 4) is 5.75 Å². The Morgan fingerprint density at radius 1 is 1.33 bits per heavy atom. The van der Waals surface area contributed by atoms with E-state index in [0.717, 1.165) is 4.90 Å². The summed E-state index contributed by atoms with van der Waals surface area (Å²) >= 11 is 1.65. The van der Waals surface area contributed by atoms with Gasteiger partial charge in [-0.2, -0.15) is 0 Å². The zero-order chi connectivity index (χ0) is 11.3. The molecule has 5 heteroatoms. The standard InChI is InChI=1S/C10H15O3PS/c1-4-12-14(2,11)13-9-5-7-10(15-3)8-6-9/h5-8H,4H2,1-3H3. The number of hydrogen-bond donors (Lipinski definition) is 0. The van der Waals surface area contributed by atoms with Crippen LogP contribution in [0.4, 0.5) is 0 Å². The minimum atomic E-state index is -2.94. The first-order valence-electron chi connectivity index (χ1n) is 4.63. The molecule has 0 radical (unpaired) electrons. The molecule has 1 atom stereocenters. The molecular formula is C10H15O3PS. The largest absolute Gasteiger partial charge is 0.425 e. The zero-order valence-electron chi connectivity index (χ0n) is 9.10. The Hall–Kier alpha value is -0.440. The minimum absolute atomic E-state index is 0.386. The van der Waals surface area contributed by atoms with Gasteiger partial charge in [-0.25, -0.2) is 4.57 Å². The molecule has 3 nitrogen and oxygen atoms in total. The van der Waals surface area contributed by atoms with Crippen molar-refractivity contribution in [3.63, 3.8) is 0 Å². The average molecular weight is 246 g/mol.